The van der Waals surface area contributed by atoms with E-state index in [0.29, 0.717) is 24.0 Å². The van der Waals surface area contributed by atoms with Crippen LogP contribution >= 0.6 is 0 Å². The first-order valence-electron chi connectivity index (χ1n) is 7.55. The maximum atomic E-state index is 12.4. The van der Waals surface area contributed by atoms with Crippen molar-refractivity contribution in [3.63, 3.8) is 0 Å². The average Bonchev–Trinajstić information content (AvgIpc) is 2.52. The number of methoxy groups -OCH3 is 1. The van der Waals surface area contributed by atoms with E-state index in [1.165, 1.54) is 6.33 Å². The molecule has 116 valence electrons. The summed E-state index contributed by atoms with van der Waals surface area (Å²) in [6.07, 6.45) is 4.48. The molecule has 21 heavy (non-hydrogen) atoms. The lowest BCUT2D eigenvalue weighted by Gasteiger charge is -2.30. The second-order valence-corrected chi connectivity index (χ2v) is 5.54. The molecule has 0 unspecified atom stereocenters. The van der Waals surface area contributed by atoms with Gasteiger partial charge in [-0.25, -0.2) is 9.97 Å². The van der Waals surface area contributed by atoms with Crippen LogP contribution in [-0.4, -0.2) is 54.1 Å². The number of aromatic nitrogens is 2. The maximum absolute atomic E-state index is 12.4. The molecule has 1 fully saturated rings. The molecule has 0 bridgehead atoms. The number of rotatable bonds is 6. The Morgan fingerprint density at radius 1 is 1.43 bits per heavy atom. The van der Waals surface area contributed by atoms with Crippen molar-refractivity contribution in [2.75, 3.05) is 38.7 Å². The molecule has 0 saturated carbocycles. The Hall–Kier alpha value is -1.69. The van der Waals surface area contributed by atoms with Gasteiger partial charge in [0.2, 0.25) is 0 Å². The van der Waals surface area contributed by atoms with Crippen LogP contribution in [0, 0.1) is 5.92 Å². The fraction of sp³-hybridized carbons (Fsp3) is 0.667. The Bertz CT molecular complexity index is 459. The van der Waals surface area contributed by atoms with Gasteiger partial charge in [0.05, 0.1) is 0 Å². The van der Waals surface area contributed by atoms with Crippen molar-refractivity contribution in [3.05, 3.63) is 18.1 Å². The largest absolute Gasteiger partial charge is 0.385 e. The number of nitrogens with one attached hydrogen (secondary N) is 1. The third-order valence-corrected chi connectivity index (χ3v) is 3.79. The molecule has 2 rings (SSSR count). The molecule has 0 atom stereocenters. The highest BCUT2D eigenvalue weighted by atomic mass is 16.5. The first-order chi connectivity index (χ1) is 10.2. The van der Waals surface area contributed by atoms with Crippen LogP contribution in [0.25, 0.3) is 0 Å². The molecule has 0 radical (unpaired) electrons. The van der Waals surface area contributed by atoms with Crippen molar-refractivity contribution in [1.82, 2.24) is 14.9 Å². The second-order valence-electron chi connectivity index (χ2n) is 5.54. The lowest BCUT2D eigenvalue weighted by atomic mass is 9.99. The van der Waals surface area contributed by atoms with Gasteiger partial charge in [-0.05, 0) is 25.2 Å². The zero-order valence-electron chi connectivity index (χ0n) is 12.8. The summed E-state index contributed by atoms with van der Waals surface area (Å²) < 4.78 is 5.00. The van der Waals surface area contributed by atoms with E-state index in [1.54, 1.807) is 13.2 Å². The van der Waals surface area contributed by atoms with Gasteiger partial charge in [0.25, 0.3) is 5.91 Å². The molecule has 1 N–H and O–H groups in total. The van der Waals surface area contributed by atoms with Crippen LogP contribution in [0.1, 0.15) is 36.7 Å². The zero-order valence-corrected chi connectivity index (χ0v) is 12.8. The average molecular weight is 292 g/mol. The van der Waals surface area contributed by atoms with E-state index in [2.05, 4.69) is 22.2 Å². The van der Waals surface area contributed by atoms with Gasteiger partial charge in [-0.15, -0.1) is 0 Å². The predicted octanol–water partition coefficient (Wildman–Crippen LogP) is 1.80. The van der Waals surface area contributed by atoms with Crippen LogP contribution < -0.4 is 5.32 Å². The summed E-state index contributed by atoms with van der Waals surface area (Å²) in [5.41, 5.74) is 0.466. The smallest absolute Gasteiger partial charge is 0.272 e. The van der Waals surface area contributed by atoms with Gasteiger partial charge in [0.1, 0.15) is 17.8 Å². The van der Waals surface area contributed by atoms with Gasteiger partial charge in [0, 0.05) is 39.4 Å². The summed E-state index contributed by atoms with van der Waals surface area (Å²) in [5, 5.41) is 3.18. The molecule has 1 aromatic heterocycles. The van der Waals surface area contributed by atoms with Crippen LogP contribution in [0.3, 0.4) is 0 Å². The first-order valence-corrected chi connectivity index (χ1v) is 7.55. The monoisotopic (exact) mass is 292 g/mol. The van der Waals surface area contributed by atoms with Crippen molar-refractivity contribution >= 4 is 11.7 Å². The number of hydrogen-bond donors (Lipinski definition) is 1. The Balaban J connectivity index is 1.91. The van der Waals surface area contributed by atoms with Gasteiger partial charge in [-0.2, -0.15) is 0 Å². The highest BCUT2D eigenvalue weighted by Gasteiger charge is 2.22. The number of ether oxygens (including phenoxy) is 1. The van der Waals surface area contributed by atoms with Crippen molar-refractivity contribution in [2.45, 2.75) is 26.2 Å². The molecule has 1 saturated heterocycles. The third-order valence-electron chi connectivity index (χ3n) is 3.79. The van der Waals surface area contributed by atoms with Crippen molar-refractivity contribution in [1.29, 1.82) is 0 Å². The van der Waals surface area contributed by atoms with E-state index in [9.17, 15) is 4.79 Å². The first kappa shape index (κ1) is 15.7. The van der Waals surface area contributed by atoms with E-state index in [4.69, 9.17) is 4.74 Å². The number of likely N-dealkylation sites (tertiary alicyclic amines) is 1. The minimum absolute atomic E-state index is 0.00393. The van der Waals surface area contributed by atoms with E-state index in [0.717, 1.165) is 38.9 Å². The quantitative estimate of drug-likeness (QED) is 0.810. The number of piperidine rings is 1. The second kappa shape index (κ2) is 7.93. The lowest BCUT2D eigenvalue weighted by molar-refractivity contribution is 0.0691. The molecule has 1 aliphatic rings. The molecule has 1 aliphatic heterocycles. The van der Waals surface area contributed by atoms with Gasteiger partial charge in [-0.3, -0.25) is 4.79 Å². The fourth-order valence-corrected chi connectivity index (χ4v) is 2.38. The van der Waals surface area contributed by atoms with Crippen LogP contribution in [0.5, 0.6) is 0 Å². The van der Waals surface area contributed by atoms with Crippen LogP contribution in [-0.2, 0) is 4.74 Å². The molecule has 0 spiro atoms. The Morgan fingerprint density at radius 3 is 2.90 bits per heavy atom. The van der Waals surface area contributed by atoms with Gasteiger partial charge >= 0.3 is 0 Å². The molecule has 6 nitrogen and oxygen atoms in total. The number of hydrogen-bond acceptors (Lipinski definition) is 5. The van der Waals surface area contributed by atoms with Crippen molar-refractivity contribution in [2.24, 2.45) is 5.92 Å². The van der Waals surface area contributed by atoms with Gasteiger partial charge in [0.15, 0.2) is 0 Å². The standard InChI is InChI=1S/C15H24N4O2/c1-12-4-7-19(8-5-12)15(20)13-10-14(18-11-17-13)16-6-3-9-21-2/h10-12H,3-9H2,1-2H3,(H,16,17,18). The van der Waals surface area contributed by atoms with E-state index in [1.807, 2.05) is 4.90 Å². The Morgan fingerprint density at radius 2 is 2.19 bits per heavy atom. The zero-order chi connectivity index (χ0) is 15.1. The van der Waals surface area contributed by atoms with Crippen LogP contribution in [0.4, 0.5) is 5.82 Å². The van der Waals surface area contributed by atoms with Crippen LogP contribution in [0.2, 0.25) is 0 Å². The minimum atomic E-state index is 0.00393. The number of nitrogens with zero attached hydrogens (tertiary/aromatic N) is 3. The van der Waals surface area contributed by atoms with Crippen molar-refractivity contribution < 1.29 is 9.53 Å². The summed E-state index contributed by atoms with van der Waals surface area (Å²) in [6, 6.07) is 1.73. The summed E-state index contributed by atoms with van der Waals surface area (Å²) in [6.45, 7) is 5.34. The number of anilines is 1. The summed E-state index contributed by atoms with van der Waals surface area (Å²) >= 11 is 0. The van der Waals surface area contributed by atoms with E-state index in [-0.39, 0.29) is 5.91 Å². The summed E-state index contributed by atoms with van der Waals surface area (Å²) in [7, 11) is 1.68. The van der Waals surface area contributed by atoms with Crippen molar-refractivity contribution in [3.8, 4) is 0 Å². The predicted molar refractivity (Wildman–Crippen MR) is 81.3 cm³/mol. The highest BCUT2D eigenvalue weighted by molar-refractivity contribution is 5.92. The summed E-state index contributed by atoms with van der Waals surface area (Å²) in [5.74, 6) is 1.40. The van der Waals surface area contributed by atoms with Crippen LogP contribution in [0.15, 0.2) is 12.4 Å². The molecule has 0 aliphatic carbocycles. The molecular weight excluding hydrogens is 268 g/mol. The minimum Gasteiger partial charge on any atom is -0.385 e. The van der Waals surface area contributed by atoms with E-state index >= 15 is 0 Å². The SMILES string of the molecule is COCCCNc1cc(C(=O)N2CCC(C)CC2)ncn1. The maximum Gasteiger partial charge on any atom is 0.272 e. The summed E-state index contributed by atoms with van der Waals surface area (Å²) in [4.78, 5) is 22.6. The molecule has 6 heteroatoms. The van der Waals surface area contributed by atoms with Gasteiger partial charge < -0.3 is 15.0 Å². The normalized spacial score (nSPS) is 16.0. The highest BCUT2D eigenvalue weighted by Crippen LogP contribution is 2.18. The van der Waals surface area contributed by atoms with Gasteiger partial charge in [-0.1, -0.05) is 6.92 Å². The Labute approximate surface area is 125 Å². The number of amides is 1. The lowest BCUT2D eigenvalue weighted by Crippen LogP contribution is -2.38. The third kappa shape index (κ3) is 4.67. The topological polar surface area (TPSA) is 67.3 Å². The number of carbonyl (C=O) groups excluding carboxylic acids is 1. The molecule has 0 aromatic carbocycles. The number of carbonyl (C=O) groups is 1. The fourth-order valence-electron chi connectivity index (χ4n) is 2.38. The molecule has 1 amide bonds. The molecular formula is C15H24N4O2. The van der Waals surface area contributed by atoms with E-state index < -0.39 is 0 Å². The Kier molecular flexibility index (Phi) is 5.92. The molecule has 2 heterocycles. The molecule has 1 aromatic rings.